The minimum absolute atomic E-state index is 0.541. The quantitative estimate of drug-likeness (QED) is 0.800. The van der Waals surface area contributed by atoms with E-state index in [1.54, 1.807) is 11.8 Å². The van der Waals surface area contributed by atoms with Gasteiger partial charge >= 0.3 is 0 Å². The van der Waals surface area contributed by atoms with Gasteiger partial charge in [-0.15, -0.1) is 11.8 Å². The lowest BCUT2D eigenvalue weighted by molar-refractivity contribution is 0.633. The number of nitrogens with zero attached hydrogens (tertiary/aromatic N) is 1. The Morgan fingerprint density at radius 3 is 3.11 bits per heavy atom. The number of anilines is 1. The first-order valence-electron chi connectivity index (χ1n) is 6.48. The van der Waals surface area contributed by atoms with Gasteiger partial charge in [0.2, 0.25) is 0 Å². The number of thioether (sulfide) groups is 1. The minimum Gasteiger partial charge on any atom is -0.382 e. The Labute approximate surface area is 113 Å². The van der Waals surface area contributed by atoms with E-state index in [1.807, 2.05) is 18.2 Å². The lowest BCUT2D eigenvalue weighted by Crippen LogP contribution is -2.29. The Morgan fingerprint density at radius 2 is 2.44 bits per heavy atom. The van der Waals surface area contributed by atoms with Crippen LogP contribution in [0.15, 0.2) is 23.1 Å². The first kappa shape index (κ1) is 13.3. The van der Waals surface area contributed by atoms with Crippen LogP contribution in [-0.4, -0.2) is 24.9 Å². The summed E-state index contributed by atoms with van der Waals surface area (Å²) in [6.07, 6.45) is 2.47. The molecule has 0 amide bonds. The van der Waals surface area contributed by atoms with Gasteiger partial charge in [0, 0.05) is 17.5 Å². The zero-order chi connectivity index (χ0) is 12.8. The number of hydrogen-bond donors (Lipinski definition) is 2. The summed E-state index contributed by atoms with van der Waals surface area (Å²) in [5.41, 5.74) is 1.74. The Bertz CT molecular complexity index is 433. The monoisotopic (exact) mass is 261 g/mol. The molecule has 1 aliphatic heterocycles. The van der Waals surface area contributed by atoms with Gasteiger partial charge in [-0.1, -0.05) is 13.0 Å². The highest BCUT2D eigenvalue weighted by Crippen LogP contribution is 2.27. The first-order chi connectivity index (χ1) is 8.85. The molecule has 0 aromatic heterocycles. The molecule has 1 unspecified atom stereocenters. The molecule has 1 aliphatic rings. The van der Waals surface area contributed by atoms with E-state index in [9.17, 15) is 5.26 Å². The number of hydrogen-bond acceptors (Lipinski definition) is 4. The Kier molecular flexibility index (Phi) is 4.91. The second-order valence-electron chi connectivity index (χ2n) is 4.40. The van der Waals surface area contributed by atoms with Crippen LogP contribution in [0.3, 0.4) is 0 Å². The smallest absolute Gasteiger partial charge is 0.102 e. The fourth-order valence-corrected chi connectivity index (χ4v) is 3.02. The van der Waals surface area contributed by atoms with Crippen LogP contribution >= 0.6 is 11.8 Å². The number of benzene rings is 1. The van der Waals surface area contributed by atoms with Crippen molar-refractivity contribution in [3.8, 4) is 6.07 Å². The van der Waals surface area contributed by atoms with Crippen LogP contribution < -0.4 is 10.6 Å². The molecule has 1 aromatic carbocycles. The third-order valence-electron chi connectivity index (χ3n) is 3.14. The predicted octanol–water partition coefficient (Wildman–Crippen LogP) is 2.83. The lowest BCUT2D eigenvalue weighted by Gasteiger charge is -2.15. The van der Waals surface area contributed by atoms with Crippen LogP contribution in [0, 0.1) is 11.3 Å². The molecule has 1 aromatic rings. The molecule has 0 bridgehead atoms. The summed E-state index contributed by atoms with van der Waals surface area (Å²) >= 11 is 1.72. The van der Waals surface area contributed by atoms with Crippen molar-refractivity contribution in [1.29, 1.82) is 5.26 Å². The molecule has 18 heavy (non-hydrogen) atoms. The van der Waals surface area contributed by atoms with Crippen molar-refractivity contribution >= 4 is 17.4 Å². The van der Waals surface area contributed by atoms with Gasteiger partial charge in [0.05, 0.1) is 11.3 Å². The maximum Gasteiger partial charge on any atom is 0.102 e. The molecule has 0 aliphatic carbocycles. The molecule has 2 rings (SSSR count). The van der Waals surface area contributed by atoms with Crippen molar-refractivity contribution in [1.82, 2.24) is 5.32 Å². The highest BCUT2D eigenvalue weighted by molar-refractivity contribution is 7.99. The van der Waals surface area contributed by atoms with E-state index in [4.69, 9.17) is 0 Å². The standard InChI is InChI=1S/C14H19N3S/c1-2-18-14-7-3-6-13(12(14)9-15)17-10-11-5-4-8-16-11/h3,6-7,11,16-17H,2,4-5,8,10H2,1H3. The van der Waals surface area contributed by atoms with Crippen LogP contribution in [0.2, 0.25) is 0 Å². The van der Waals surface area contributed by atoms with Gasteiger partial charge in [-0.25, -0.2) is 0 Å². The Balaban J connectivity index is 2.06. The van der Waals surface area contributed by atoms with E-state index in [-0.39, 0.29) is 0 Å². The second-order valence-corrected chi connectivity index (χ2v) is 5.70. The van der Waals surface area contributed by atoms with Crippen molar-refractivity contribution in [2.45, 2.75) is 30.7 Å². The molecule has 0 saturated carbocycles. The molecule has 2 N–H and O–H groups in total. The van der Waals surface area contributed by atoms with Gasteiger partial charge in [0.25, 0.3) is 0 Å². The van der Waals surface area contributed by atoms with Crippen molar-refractivity contribution in [2.75, 3.05) is 24.2 Å². The van der Waals surface area contributed by atoms with Gasteiger partial charge in [-0.05, 0) is 37.3 Å². The fraction of sp³-hybridized carbons (Fsp3) is 0.500. The molecule has 1 saturated heterocycles. The summed E-state index contributed by atoms with van der Waals surface area (Å²) in [7, 11) is 0. The second kappa shape index (κ2) is 6.67. The van der Waals surface area contributed by atoms with Crippen LogP contribution in [0.1, 0.15) is 25.3 Å². The zero-order valence-corrected chi connectivity index (χ0v) is 11.5. The number of nitrogens with one attached hydrogen (secondary N) is 2. The number of nitriles is 1. The molecule has 3 nitrogen and oxygen atoms in total. The summed E-state index contributed by atoms with van der Waals surface area (Å²) in [6.45, 7) is 4.12. The maximum atomic E-state index is 9.30. The third kappa shape index (κ3) is 3.18. The highest BCUT2D eigenvalue weighted by atomic mass is 32.2. The SMILES string of the molecule is CCSc1cccc(NCC2CCCN2)c1C#N. The summed E-state index contributed by atoms with van der Waals surface area (Å²) < 4.78 is 0. The molecular weight excluding hydrogens is 242 g/mol. The summed E-state index contributed by atoms with van der Waals surface area (Å²) in [5, 5.41) is 16.2. The Morgan fingerprint density at radius 1 is 1.56 bits per heavy atom. The molecule has 4 heteroatoms. The van der Waals surface area contributed by atoms with Gasteiger partial charge in [0.1, 0.15) is 6.07 Å². The average molecular weight is 261 g/mol. The van der Waals surface area contributed by atoms with Gasteiger partial charge in [-0.2, -0.15) is 5.26 Å². The van der Waals surface area contributed by atoms with E-state index < -0.39 is 0 Å². The Hall–Kier alpha value is -1.18. The van der Waals surface area contributed by atoms with Crippen LogP contribution in [0.4, 0.5) is 5.69 Å². The van der Waals surface area contributed by atoms with Gasteiger partial charge < -0.3 is 10.6 Å². The van der Waals surface area contributed by atoms with Gasteiger partial charge in [-0.3, -0.25) is 0 Å². The molecular formula is C14H19N3S. The average Bonchev–Trinajstić information content (AvgIpc) is 2.90. The molecule has 0 spiro atoms. The van der Waals surface area contributed by atoms with E-state index >= 15 is 0 Å². The summed E-state index contributed by atoms with van der Waals surface area (Å²) in [4.78, 5) is 1.07. The largest absolute Gasteiger partial charge is 0.382 e. The van der Waals surface area contributed by atoms with Crippen LogP contribution in [-0.2, 0) is 0 Å². The topological polar surface area (TPSA) is 47.8 Å². The van der Waals surface area contributed by atoms with E-state index in [0.717, 1.165) is 35.0 Å². The molecule has 1 heterocycles. The number of rotatable bonds is 5. The van der Waals surface area contributed by atoms with Crippen molar-refractivity contribution in [3.63, 3.8) is 0 Å². The van der Waals surface area contributed by atoms with E-state index in [2.05, 4.69) is 23.6 Å². The van der Waals surface area contributed by atoms with Gasteiger partial charge in [0.15, 0.2) is 0 Å². The van der Waals surface area contributed by atoms with E-state index in [0.29, 0.717) is 6.04 Å². The van der Waals surface area contributed by atoms with E-state index in [1.165, 1.54) is 12.8 Å². The maximum absolute atomic E-state index is 9.30. The predicted molar refractivity (Wildman–Crippen MR) is 77.1 cm³/mol. The summed E-state index contributed by atoms with van der Waals surface area (Å²) in [5.74, 6) is 0.988. The van der Waals surface area contributed by atoms with Crippen molar-refractivity contribution in [2.24, 2.45) is 0 Å². The normalized spacial score (nSPS) is 18.6. The fourth-order valence-electron chi connectivity index (χ4n) is 2.23. The molecule has 96 valence electrons. The first-order valence-corrected chi connectivity index (χ1v) is 7.47. The minimum atomic E-state index is 0.541. The molecule has 1 fully saturated rings. The highest BCUT2D eigenvalue weighted by Gasteiger charge is 2.14. The molecule has 0 radical (unpaired) electrons. The summed E-state index contributed by atoms with van der Waals surface area (Å²) in [6, 6.07) is 8.89. The zero-order valence-electron chi connectivity index (χ0n) is 10.7. The van der Waals surface area contributed by atoms with Crippen molar-refractivity contribution in [3.05, 3.63) is 23.8 Å². The van der Waals surface area contributed by atoms with Crippen molar-refractivity contribution < 1.29 is 0 Å². The van der Waals surface area contributed by atoms with Crippen LogP contribution in [0.25, 0.3) is 0 Å². The van der Waals surface area contributed by atoms with Crippen LogP contribution in [0.5, 0.6) is 0 Å². The third-order valence-corrected chi connectivity index (χ3v) is 4.08. The molecule has 1 atom stereocenters. The lowest BCUT2D eigenvalue weighted by atomic mass is 10.1.